The second-order valence-corrected chi connectivity index (χ2v) is 5.81. The van der Waals surface area contributed by atoms with E-state index in [4.69, 9.17) is 5.73 Å². The number of nitrogens with zero attached hydrogens (tertiary/aromatic N) is 2. The van der Waals surface area contributed by atoms with Crippen molar-refractivity contribution in [2.75, 3.05) is 6.54 Å². The number of primary amides is 1. The Labute approximate surface area is 120 Å². The van der Waals surface area contributed by atoms with E-state index in [-0.39, 0.29) is 5.91 Å². The Morgan fingerprint density at radius 3 is 3.05 bits per heavy atom. The molecule has 2 rings (SSSR count). The minimum absolute atomic E-state index is 0.184. The zero-order valence-electron chi connectivity index (χ0n) is 12.6. The highest BCUT2D eigenvalue weighted by molar-refractivity contribution is 5.85. The third-order valence-electron chi connectivity index (χ3n) is 4.59. The fourth-order valence-corrected chi connectivity index (χ4v) is 3.40. The Hall–Kier alpha value is -1.36. The zero-order chi connectivity index (χ0) is 14.6. The van der Waals surface area contributed by atoms with Crippen molar-refractivity contribution in [3.8, 4) is 0 Å². The molecular weight excluding hydrogens is 252 g/mol. The molecule has 0 bridgehead atoms. The van der Waals surface area contributed by atoms with E-state index in [1.807, 2.05) is 19.3 Å². The number of hydrogen-bond acceptors (Lipinski definition) is 3. The molecule has 1 aliphatic rings. The fourth-order valence-electron chi connectivity index (χ4n) is 3.40. The fraction of sp³-hybridized carbons (Fsp3) is 0.733. The maximum atomic E-state index is 12.0. The molecule has 1 aromatic heterocycles. The van der Waals surface area contributed by atoms with Crippen LogP contribution in [0.15, 0.2) is 12.4 Å². The molecule has 1 fully saturated rings. The Balaban J connectivity index is 2.04. The molecule has 0 radical (unpaired) electrons. The number of nitrogens with two attached hydrogens (primary N) is 1. The molecule has 0 spiro atoms. The maximum absolute atomic E-state index is 12.0. The Morgan fingerprint density at radius 2 is 2.45 bits per heavy atom. The first-order chi connectivity index (χ1) is 9.60. The van der Waals surface area contributed by atoms with Crippen LogP contribution in [0.25, 0.3) is 0 Å². The minimum atomic E-state index is -0.496. The molecule has 0 aliphatic heterocycles. The molecule has 2 atom stereocenters. The van der Waals surface area contributed by atoms with Gasteiger partial charge in [-0.1, -0.05) is 13.3 Å². The Bertz CT molecular complexity index is 456. The van der Waals surface area contributed by atoms with Gasteiger partial charge in [0.25, 0.3) is 0 Å². The monoisotopic (exact) mass is 278 g/mol. The van der Waals surface area contributed by atoms with Gasteiger partial charge in [-0.2, -0.15) is 0 Å². The van der Waals surface area contributed by atoms with Crippen LogP contribution >= 0.6 is 0 Å². The molecule has 20 heavy (non-hydrogen) atoms. The number of rotatable bonds is 7. The van der Waals surface area contributed by atoms with Crippen LogP contribution in [-0.4, -0.2) is 27.5 Å². The number of carbonyl (C=O) groups is 1. The first-order valence-electron chi connectivity index (χ1n) is 7.63. The average molecular weight is 278 g/mol. The summed E-state index contributed by atoms with van der Waals surface area (Å²) in [5.41, 5.74) is 5.23. The first-order valence-corrected chi connectivity index (χ1v) is 7.63. The van der Waals surface area contributed by atoms with Crippen molar-refractivity contribution in [1.29, 1.82) is 0 Å². The van der Waals surface area contributed by atoms with Gasteiger partial charge in [-0.15, -0.1) is 0 Å². The molecule has 1 aliphatic carbocycles. The minimum Gasteiger partial charge on any atom is -0.368 e. The summed E-state index contributed by atoms with van der Waals surface area (Å²) in [7, 11) is 0. The quantitative estimate of drug-likeness (QED) is 0.796. The summed E-state index contributed by atoms with van der Waals surface area (Å²) >= 11 is 0. The largest absolute Gasteiger partial charge is 0.368 e. The SMILES string of the molecule is CCCNC1(C(N)=O)CCCC1CCn1ccnc1C. The van der Waals surface area contributed by atoms with Crippen LogP contribution < -0.4 is 11.1 Å². The van der Waals surface area contributed by atoms with Gasteiger partial charge < -0.3 is 15.6 Å². The van der Waals surface area contributed by atoms with Gasteiger partial charge in [0.05, 0.1) is 0 Å². The van der Waals surface area contributed by atoms with E-state index in [1.54, 1.807) is 0 Å². The number of nitrogens with one attached hydrogen (secondary N) is 1. The van der Waals surface area contributed by atoms with E-state index >= 15 is 0 Å². The molecule has 3 N–H and O–H groups in total. The molecular formula is C15H26N4O. The summed E-state index contributed by atoms with van der Waals surface area (Å²) in [5, 5.41) is 3.44. The van der Waals surface area contributed by atoms with Crippen LogP contribution in [0.2, 0.25) is 0 Å². The van der Waals surface area contributed by atoms with Gasteiger partial charge in [0, 0.05) is 18.9 Å². The molecule has 2 unspecified atom stereocenters. The van der Waals surface area contributed by atoms with Crippen LogP contribution in [0.1, 0.15) is 44.9 Å². The van der Waals surface area contributed by atoms with Crippen LogP contribution in [-0.2, 0) is 11.3 Å². The van der Waals surface area contributed by atoms with Crippen molar-refractivity contribution >= 4 is 5.91 Å². The second-order valence-electron chi connectivity index (χ2n) is 5.81. The van der Waals surface area contributed by atoms with E-state index in [9.17, 15) is 4.79 Å². The van der Waals surface area contributed by atoms with Gasteiger partial charge in [-0.25, -0.2) is 4.98 Å². The lowest BCUT2D eigenvalue weighted by Gasteiger charge is -2.34. The number of carbonyl (C=O) groups excluding carboxylic acids is 1. The van der Waals surface area contributed by atoms with E-state index in [0.29, 0.717) is 5.92 Å². The number of amides is 1. The number of hydrogen-bond donors (Lipinski definition) is 2. The summed E-state index contributed by atoms with van der Waals surface area (Å²) in [4.78, 5) is 16.2. The van der Waals surface area contributed by atoms with Crippen molar-refractivity contribution < 1.29 is 4.79 Å². The smallest absolute Gasteiger partial charge is 0.238 e. The third kappa shape index (κ3) is 2.87. The number of aryl methyl sites for hydroxylation is 2. The lowest BCUT2D eigenvalue weighted by molar-refractivity contribution is -0.126. The molecule has 1 heterocycles. The normalized spacial score (nSPS) is 26.0. The van der Waals surface area contributed by atoms with E-state index in [0.717, 1.165) is 51.0 Å². The zero-order valence-corrected chi connectivity index (χ0v) is 12.6. The van der Waals surface area contributed by atoms with Gasteiger partial charge in [0.1, 0.15) is 11.4 Å². The summed E-state index contributed by atoms with van der Waals surface area (Å²) < 4.78 is 2.14. The average Bonchev–Trinajstić information content (AvgIpc) is 3.01. The second kappa shape index (κ2) is 6.39. The predicted octanol–water partition coefficient (Wildman–Crippen LogP) is 1.61. The van der Waals surface area contributed by atoms with Crippen LogP contribution in [0, 0.1) is 12.8 Å². The standard InChI is InChI=1S/C15H26N4O/c1-3-8-18-15(14(16)20)7-4-5-13(15)6-10-19-11-9-17-12(19)2/h9,11,13,18H,3-8,10H2,1-2H3,(H2,16,20). The summed E-state index contributed by atoms with van der Waals surface area (Å²) in [6, 6.07) is 0. The van der Waals surface area contributed by atoms with E-state index in [1.165, 1.54) is 0 Å². The van der Waals surface area contributed by atoms with Crippen molar-refractivity contribution in [3.05, 3.63) is 18.2 Å². The lowest BCUT2D eigenvalue weighted by atomic mass is 9.83. The predicted molar refractivity (Wildman–Crippen MR) is 79.1 cm³/mol. The lowest BCUT2D eigenvalue weighted by Crippen LogP contribution is -2.58. The first kappa shape index (κ1) is 15.0. The van der Waals surface area contributed by atoms with E-state index in [2.05, 4.69) is 21.8 Å². The van der Waals surface area contributed by atoms with Crippen LogP contribution in [0.5, 0.6) is 0 Å². The van der Waals surface area contributed by atoms with Crippen LogP contribution in [0.4, 0.5) is 0 Å². The summed E-state index contributed by atoms with van der Waals surface area (Å²) in [5.74, 6) is 1.17. The molecule has 5 nitrogen and oxygen atoms in total. The molecule has 1 aromatic rings. The van der Waals surface area contributed by atoms with E-state index < -0.39 is 5.54 Å². The van der Waals surface area contributed by atoms with Gasteiger partial charge in [-0.3, -0.25) is 4.79 Å². The topological polar surface area (TPSA) is 72.9 Å². The highest BCUT2D eigenvalue weighted by Crippen LogP contribution is 2.38. The summed E-state index contributed by atoms with van der Waals surface area (Å²) in [6.07, 6.45) is 8.83. The third-order valence-corrected chi connectivity index (χ3v) is 4.59. The molecule has 112 valence electrons. The molecule has 0 aromatic carbocycles. The molecule has 1 amide bonds. The molecule has 5 heteroatoms. The van der Waals surface area contributed by atoms with Crippen molar-refractivity contribution in [3.63, 3.8) is 0 Å². The van der Waals surface area contributed by atoms with Crippen molar-refractivity contribution in [2.24, 2.45) is 11.7 Å². The van der Waals surface area contributed by atoms with Gasteiger partial charge in [0.2, 0.25) is 5.91 Å². The molecule has 0 saturated heterocycles. The van der Waals surface area contributed by atoms with Gasteiger partial charge >= 0.3 is 0 Å². The highest BCUT2D eigenvalue weighted by Gasteiger charge is 2.46. The van der Waals surface area contributed by atoms with Crippen molar-refractivity contribution in [1.82, 2.24) is 14.9 Å². The highest BCUT2D eigenvalue weighted by atomic mass is 16.1. The van der Waals surface area contributed by atoms with Gasteiger partial charge in [-0.05, 0) is 45.1 Å². The molecule has 1 saturated carbocycles. The van der Waals surface area contributed by atoms with Gasteiger partial charge in [0.15, 0.2) is 0 Å². The van der Waals surface area contributed by atoms with Crippen molar-refractivity contribution in [2.45, 2.75) is 58.0 Å². The number of imidazole rings is 1. The Morgan fingerprint density at radius 1 is 1.65 bits per heavy atom. The Kier molecular flexibility index (Phi) is 4.81. The van der Waals surface area contributed by atoms with Crippen LogP contribution in [0.3, 0.4) is 0 Å². The number of aromatic nitrogens is 2. The summed E-state index contributed by atoms with van der Waals surface area (Å²) in [6.45, 7) is 5.87. The maximum Gasteiger partial charge on any atom is 0.238 e.